The van der Waals surface area contributed by atoms with Gasteiger partial charge in [0.1, 0.15) is 0 Å². The van der Waals surface area contributed by atoms with Crippen molar-refractivity contribution in [3.8, 4) is 0 Å². The number of nitrogens with one attached hydrogen (secondary N) is 2. The molecule has 4 rings (SSSR count). The van der Waals surface area contributed by atoms with Crippen LogP contribution in [0.4, 0.5) is 5.69 Å². The van der Waals surface area contributed by atoms with Gasteiger partial charge in [0.15, 0.2) is 5.69 Å². The Morgan fingerprint density at radius 1 is 1.04 bits per heavy atom. The van der Waals surface area contributed by atoms with E-state index in [9.17, 15) is 4.79 Å². The van der Waals surface area contributed by atoms with E-state index >= 15 is 0 Å². The number of hydrogen-bond acceptors (Lipinski definition) is 3. The number of aromatic carboxylic acids is 1. The zero-order valence-corrected chi connectivity index (χ0v) is 12.8. The summed E-state index contributed by atoms with van der Waals surface area (Å²) in [5.41, 5.74) is 2.85. The first-order chi connectivity index (χ1) is 11.7. The molecule has 0 fully saturated rings. The molecule has 0 spiro atoms. The van der Waals surface area contributed by atoms with Gasteiger partial charge in [0.05, 0.1) is 5.52 Å². The highest BCUT2D eigenvalue weighted by Gasteiger charge is 2.12. The predicted octanol–water partition coefficient (Wildman–Crippen LogP) is 4.03. The highest BCUT2D eigenvalue weighted by Crippen LogP contribution is 2.21. The van der Waals surface area contributed by atoms with Crippen LogP contribution in [-0.4, -0.2) is 21.3 Å². The third-order valence-corrected chi connectivity index (χ3v) is 4.08. The molecule has 1 heterocycles. The van der Waals surface area contributed by atoms with Crippen molar-refractivity contribution in [2.24, 2.45) is 0 Å². The molecular formula is C19H15N3O2. The van der Waals surface area contributed by atoms with Crippen LogP contribution in [0, 0.1) is 0 Å². The molecule has 5 nitrogen and oxygen atoms in total. The van der Waals surface area contributed by atoms with Gasteiger partial charge in [0.25, 0.3) is 0 Å². The van der Waals surface area contributed by atoms with E-state index in [0.717, 1.165) is 5.69 Å². The van der Waals surface area contributed by atoms with Crippen molar-refractivity contribution in [2.45, 2.75) is 6.54 Å². The molecule has 118 valence electrons. The molecule has 0 aliphatic rings. The highest BCUT2D eigenvalue weighted by molar-refractivity contribution is 6.01. The Balaban J connectivity index is 1.56. The third kappa shape index (κ3) is 2.56. The van der Waals surface area contributed by atoms with Gasteiger partial charge in [-0.3, -0.25) is 5.10 Å². The quantitative estimate of drug-likeness (QED) is 0.531. The molecule has 3 N–H and O–H groups in total. The summed E-state index contributed by atoms with van der Waals surface area (Å²) in [6.07, 6.45) is 0. The minimum Gasteiger partial charge on any atom is -0.476 e. The number of rotatable bonds is 4. The second-order valence-corrected chi connectivity index (χ2v) is 5.67. The maximum absolute atomic E-state index is 11.1. The lowest BCUT2D eigenvalue weighted by Gasteiger charge is -2.08. The molecule has 0 amide bonds. The van der Waals surface area contributed by atoms with E-state index in [2.05, 4.69) is 45.8 Å². The Morgan fingerprint density at radius 2 is 1.88 bits per heavy atom. The van der Waals surface area contributed by atoms with Gasteiger partial charge in [0, 0.05) is 17.6 Å². The first kappa shape index (κ1) is 14.3. The van der Waals surface area contributed by atoms with E-state index in [4.69, 9.17) is 5.11 Å². The fourth-order valence-electron chi connectivity index (χ4n) is 2.85. The van der Waals surface area contributed by atoms with Crippen molar-refractivity contribution in [3.05, 3.63) is 71.9 Å². The van der Waals surface area contributed by atoms with E-state index in [1.807, 2.05) is 24.3 Å². The van der Waals surface area contributed by atoms with Gasteiger partial charge >= 0.3 is 5.97 Å². The number of aromatic amines is 1. The summed E-state index contributed by atoms with van der Waals surface area (Å²) in [5, 5.41) is 22.1. The zero-order valence-electron chi connectivity index (χ0n) is 12.8. The average molecular weight is 317 g/mol. The SMILES string of the molecule is O=C(O)c1n[nH]c2cc(NCc3ccc4ccccc4c3)ccc12. The highest BCUT2D eigenvalue weighted by atomic mass is 16.4. The first-order valence-electron chi connectivity index (χ1n) is 7.64. The van der Waals surface area contributed by atoms with E-state index in [1.165, 1.54) is 16.3 Å². The number of hydrogen-bond donors (Lipinski definition) is 3. The second-order valence-electron chi connectivity index (χ2n) is 5.67. The summed E-state index contributed by atoms with van der Waals surface area (Å²) >= 11 is 0. The molecule has 5 heteroatoms. The topological polar surface area (TPSA) is 78.0 Å². The van der Waals surface area contributed by atoms with Crippen molar-refractivity contribution < 1.29 is 9.90 Å². The standard InChI is InChI=1S/C19H15N3O2/c23-19(24)18-16-8-7-15(10-17(16)21-22-18)20-11-12-5-6-13-3-1-2-4-14(13)9-12/h1-10,20H,11H2,(H,21,22)(H,23,24). The van der Waals surface area contributed by atoms with Crippen LogP contribution in [0.15, 0.2) is 60.7 Å². The number of carboxylic acids is 1. The molecular weight excluding hydrogens is 302 g/mol. The monoisotopic (exact) mass is 317 g/mol. The molecule has 0 saturated heterocycles. The number of nitrogens with zero attached hydrogens (tertiary/aromatic N) is 1. The molecule has 0 unspecified atom stereocenters. The van der Waals surface area contributed by atoms with Crippen molar-refractivity contribution in [2.75, 3.05) is 5.32 Å². The minimum atomic E-state index is -1.03. The molecule has 4 aromatic rings. The van der Waals surface area contributed by atoms with Crippen LogP contribution in [0.3, 0.4) is 0 Å². The Labute approximate surface area is 137 Å². The molecule has 0 bridgehead atoms. The average Bonchev–Trinajstić information content (AvgIpc) is 3.03. The number of fused-ring (bicyclic) bond motifs is 2. The maximum atomic E-state index is 11.1. The summed E-state index contributed by atoms with van der Waals surface area (Å²) in [4.78, 5) is 11.1. The van der Waals surface area contributed by atoms with Crippen LogP contribution < -0.4 is 5.32 Å². The van der Waals surface area contributed by atoms with Crippen molar-refractivity contribution >= 4 is 33.3 Å². The molecule has 0 aliphatic heterocycles. The van der Waals surface area contributed by atoms with E-state index in [-0.39, 0.29) is 5.69 Å². The summed E-state index contributed by atoms with van der Waals surface area (Å²) < 4.78 is 0. The fourth-order valence-corrected chi connectivity index (χ4v) is 2.85. The normalized spacial score (nSPS) is 11.0. The third-order valence-electron chi connectivity index (χ3n) is 4.08. The molecule has 24 heavy (non-hydrogen) atoms. The molecule has 0 saturated carbocycles. The summed E-state index contributed by atoms with van der Waals surface area (Å²) in [6, 6.07) is 20.2. The van der Waals surface area contributed by atoms with E-state index < -0.39 is 5.97 Å². The van der Waals surface area contributed by atoms with Crippen LogP contribution in [0.1, 0.15) is 16.1 Å². The van der Waals surface area contributed by atoms with Gasteiger partial charge in [-0.1, -0.05) is 36.4 Å². The Morgan fingerprint density at radius 3 is 2.71 bits per heavy atom. The van der Waals surface area contributed by atoms with Gasteiger partial charge < -0.3 is 10.4 Å². The van der Waals surface area contributed by atoms with Crippen molar-refractivity contribution in [3.63, 3.8) is 0 Å². The van der Waals surface area contributed by atoms with Gasteiger partial charge in [-0.25, -0.2) is 4.79 Å². The number of carbonyl (C=O) groups is 1. The first-order valence-corrected chi connectivity index (χ1v) is 7.64. The van der Waals surface area contributed by atoms with E-state index in [0.29, 0.717) is 17.4 Å². The van der Waals surface area contributed by atoms with Crippen molar-refractivity contribution in [1.82, 2.24) is 10.2 Å². The van der Waals surface area contributed by atoms with Crippen LogP contribution in [-0.2, 0) is 6.54 Å². The lowest BCUT2D eigenvalue weighted by Crippen LogP contribution is -1.99. The summed E-state index contributed by atoms with van der Waals surface area (Å²) in [6.45, 7) is 0.691. The number of anilines is 1. The second kappa shape index (κ2) is 5.70. The lowest BCUT2D eigenvalue weighted by atomic mass is 10.1. The zero-order chi connectivity index (χ0) is 16.5. The number of benzene rings is 3. The lowest BCUT2D eigenvalue weighted by molar-refractivity contribution is 0.0692. The minimum absolute atomic E-state index is 0.0473. The maximum Gasteiger partial charge on any atom is 0.357 e. The summed E-state index contributed by atoms with van der Waals surface area (Å²) in [5.74, 6) is -1.03. The summed E-state index contributed by atoms with van der Waals surface area (Å²) in [7, 11) is 0. The molecule has 1 aromatic heterocycles. The molecule has 0 atom stereocenters. The molecule has 0 radical (unpaired) electrons. The smallest absolute Gasteiger partial charge is 0.357 e. The molecule has 0 aliphatic carbocycles. The molecule has 3 aromatic carbocycles. The van der Waals surface area contributed by atoms with Crippen molar-refractivity contribution in [1.29, 1.82) is 0 Å². The van der Waals surface area contributed by atoms with Crippen LogP contribution >= 0.6 is 0 Å². The van der Waals surface area contributed by atoms with Crippen LogP contribution in [0.2, 0.25) is 0 Å². The van der Waals surface area contributed by atoms with Gasteiger partial charge in [0.2, 0.25) is 0 Å². The number of aromatic nitrogens is 2. The van der Waals surface area contributed by atoms with Gasteiger partial charge in [-0.15, -0.1) is 0 Å². The van der Waals surface area contributed by atoms with Crippen LogP contribution in [0.25, 0.3) is 21.7 Å². The Kier molecular flexibility index (Phi) is 3.39. The Hall–Kier alpha value is -3.34. The Bertz CT molecular complexity index is 1050. The predicted molar refractivity (Wildman–Crippen MR) is 94.3 cm³/mol. The van der Waals surface area contributed by atoms with Gasteiger partial charge in [-0.05, 0) is 40.6 Å². The van der Waals surface area contributed by atoms with Crippen LogP contribution in [0.5, 0.6) is 0 Å². The fraction of sp³-hybridized carbons (Fsp3) is 0.0526. The number of H-pyrrole nitrogens is 1. The number of carboxylic acid groups (broad SMARTS) is 1. The largest absolute Gasteiger partial charge is 0.476 e. The van der Waals surface area contributed by atoms with E-state index in [1.54, 1.807) is 6.07 Å². The van der Waals surface area contributed by atoms with Gasteiger partial charge in [-0.2, -0.15) is 5.10 Å².